The van der Waals surface area contributed by atoms with Crippen LogP contribution in [0.25, 0.3) is 0 Å². The molecule has 1 unspecified atom stereocenters. The number of amides is 1. The monoisotopic (exact) mass is 181 g/mol. The summed E-state index contributed by atoms with van der Waals surface area (Å²) < 4.78 is 0. The summed E-state index contributed by atoms with van der Waals surface area (Å²) >= 11 is 0. The van der Waals surface area contributed by atoms with Crippen molar-refractivity contribution in [2.75, 3.05) is 19.6 Å². The molecule has 1 amide bonds. The van der Waals surface area contributed by atoms with Crippen LogP contribution in [0.2, 0.25) is 0 Å². The van der Waals surface area contributed by atoms with Crippen LogP contribution in [0.1, 0.15) is 12.8 Å². The van der Waals surface area contributed by atoms with Gasteiger partial charge in [0.05, 0.1) is 11.7 Å². The van der Waals surface area contributed by atoms with E-state index in [1.807, 2.05) is 0 Å². The van der Waals surface area contributed by atoms with E-state index in [0.29, 0.717) is 6.54 Å². The molecule has 3 N–H and O–H groups in total. The van der Waals surface area contributed by atoms with E-state index in [2.05, 4.69) is 16.3 Å². The quantitative estimate of drug-likeness (QED) is 0.580. The largest absolute Gasteiger partial charge is 0.371 e. The minimum Gasteiger partial charge on any atom is -0.371 e. The molecule has 0 aliphatic carbocycles. The minimum absolute atomic E-state index is 0.0322. The van der Waals surface area contributed by atoms with Crippen molar-refractivity contribution in [1.29, 1.82) is 0 Å². The SMILES string of the molecule is NC(=O)C1CNC2=CCCCN2C1. The summed E-state index contributed by atoms with van der Waals surface area (Å²) in [7, 11) is 0. The normalized spacial score (nSPS) is 27.2. The highest BCUT2D eigenvalue weighted by Crippen LogP contribution is 2.18. The summed E-state index contributed by atoms with van der Waals surface area (Å²) in [4.78, 5) is 13.2. The first kappa shape index (κ1) is 8.41. The van der Waals surface area contributed by atoms with E-state index in [9.17, 15) is 4.79 Å². The van der Waals surface area contributed by atoms with Gasteiger partial charge in [0.2, 0.25) is 5.91 Å². The van der Waals surface area contributed by atoms with E-state index in [-0.39, 0.29) is 11.8 Å². The molecule has 0 aromatic rings. The lowest BCUT2D eigenvalue weighted by Crippen LogP contribution is -2.50. The van der Waals surface area contributed by atoms with Crippen LogP contribution in [0.4, 0.5) is 0 Å². The molecular weight excluding hydrogens is 166 g/mol. The molecule has 4 nitrogen and oxygen atoms in total. The molecule has 2 aliphatic rings. The molecule has 0 bridgehead atoms. The van der Waals surface area contributed by atoms with Gasteiger partial charge in [-0.3, -0.25) is 4.79 Å². The zero-order valence-electron chi connectivity index (χ0n) is 7.62. The lowest BCUT2D eigenvalue weighted by atomic mass is 10.0. The predicted octanol–water partition coefficient (Wildman–Crippen LogP) is -0.372. The number of fused-ring (bicyclic) bond motifs is 1. The van der Waals surface area contributed by atoms with Gasteiger partial charge in [0, 0.05) is 19.6 Å². The summed E-state index contributed by atoms with van der Waals surface area (Å²) in [5.74, 6) is 0.955. The average molecular weight is 181 g/mol. The van der Waals surface area contributed by atoms with Gasteiger partial charge < -0.3 is 16.0 Å². The third-order valence-electron chi connectivity index (χ3n) is 2.68. The molecule has 13 heavy (non-hydrogen) atoms. The number of nitrogens with one attached hydrogen (secondary N) is 1. The molecule has 4 heteroatoms. The Kier molecular flexibility index (Phi) is 2.12. The topological polar surface area (TPSA) is 58.4 Å². The van der Waals surface area contributed by atoms with Crippen LogP contribution in [0, 0.1) is 5.92 Å². The molecule has 72 valence electrons. The second-order valence-electron chi connectivity index (χ2n) is 3.66. The third-order valence-corrected chi connectivity index (χ3v) is 2.68. The fourth-order valence-corrected chi connectivity index (χ4v) is 1.89. The summed E-state index contributed by atoms with van der Waals surface area (Å²) in [6.07, 6.45) is 4.51. The van der Waals surface area contributed by atoms with E-state index in [1.165, 1.54) is 12.2 Å². The fraction of sp³-hybridized carbons (Fsp3) is 0.667. The van der Waals surface area contributed by atoms with Gasteiger partial charge >= 0.3 is 0 Å². The van der Waals surface area contributed by atoms with Crippen molar-refractivity contribution in [3.8, 4) is 0 Å². The van der Waals surface area contributed by atoms with Gasteiger partial charge in [-0.2, -0.15) is 0 Å². The van der Waals surface area contributed by atoms with E-state index in [0.717, 1.165) is 19.5 Å². The van der Waals surface area contributed by atoms with Crippen molar-refractivity contribution in [1.82, 2.24) is 10.2 Å². The van der Waals surface area contributed by atoms with Crippen LogP contribution in [0.5, 0.6) is 0 Å². The first-order valence-corrected chi connectivity index (χ1v) is 4.75. The Balaban J connectivity index is 2.04. The van der Waals surface area contributed by atoms with Crippen LogP contribution in [0.3, 0.4) is 0 Å². The average Bonchev–Trinajstić information content (AvgIpc) is 2.17. The molecule has 2 rings (SSSR count). The Morgan fingerprint density at radius 3 is 3.31 bits per heavy atom. The van der Waals surface area contributed by atoms with Crippen molar-refractivity contribution in [2.24, 2.45) is 11.7 Å². The van der Waals surface area contributed by atoms with Gasteiger partial charge in [0.1, 0.15) is 0 Å². The van der Waals surface area contributed by atoms with Crippen molar-refractivity contribution in [3.05, 3.63) is 11.9 Å². The maximum atomic E-state index is 11.0. The number of primary amides is 1. The zero-order chi connectivity index (χ0) is 9.26. The Hall–Kier alpha value is -1.19. The number of carbonyl (C=O) groups is 1. The molecule has 2 aliphatic heterocycles. The molecule has 0 saturated carbocycles. The van der Waals surface area contributed by atoms with Crippen molar-refractivity contribution in [2.45, 2.75) is 12.8 Å². The molecular formula is C9H15N3O. The number of nitrogens with zero attached hydrogens (tertiary/aromatic N) is 1. The number of rotatable bonds is 1. The standard InChI is InChI=1S/C9H15N3O/c10-9(13)7-5-11-8-3-1-2-4-12(8)6-7/h3,7,11H,1-2,4-6H2,(H2,10,13). The number of allylic oxidation sites excluding steroid dienone is 1. The summed E-state index contributed by atoms with van der Waals surface area (Å²) in [5.41, 5.74) is 5.26. The molecule has 0 aromatic heterocycles. The minimum atomic E-state index is -0.197. The van der Waals surface area contributed by atoms with Gasteiger partial charge in [-0.15, -0.1) is 0 Å². The van der Waals surface area contributed by atoms with Gasteiger partial charge in [0.15, 0.2) is 0 Å². The van der Waals surface area contributed by atoms with E-state index in [1.54, 1.807) is 0 Å². The van der Waals surface area contributed by atoms with Gasteiger partial charge in [-0.25, -0.2) is 0 Å². The highest BCUT2D eigenvalue weighted by atomic mass is 16.1. The number of nitrogens with two attached hydrogens (primary N) is 1. The summed E-state index contributed by atoms with van der Waals surface area (Å²) in [6, 6.07) is 0. The van der Waals surface area contributed by atoms with Crippen LogP contribution < -0.4 is 11.1 Å². The Morgan fingerprint density at radius 2 is 2.54 bits per heavy atom. The second-order valence-corrected chi connectivity index (χ2v) is 3.66. The lowest BCUT2D eigenvalue weighted by Gasteiger charge is -2.38. The smallest absolute Gasteiger partial charge is 0.224 e. The van der Waals surface area contributed by atoms with Gasteiger partial charge in [0.25, 0.3) is 0 Å². The van der Waals surface area contributed by atoms with Gasteiger partial charge in [-0.1, -0.05) is 0 Å². The van der Waals surface area contributed by atoms with Crippen LogP contribution in [-0.2, 0) is 4.79 Å². The van der Waals surface area contributed by atoms with E-state index >= 15 is 0 Å². The number of hydrogen-bond acceptors (Lipinski definition) is 3. The van der Waals surface area contributed by atoms with Crippen LogP contribution in [0.15, 0.2) is 11.9 Å². The molecule has 0 spiro atoms. The third kappa shape index (κ3) is 1.61. The van der Waals surface area contributed by atoms with E-state index in [4.69, 9.17) is 5.73 Å². The van der Waals surface area contributed by atoms with Crippen molar-refractivity contribution in [3.63, 3.8) is 0 Å². The zero-order valence-corrected chi connectivity index (χ0v) is 7.62. The van der Waals surface area contributed by atoms with Gasteiger partial charge in [-0.05, 0) is 18.9 Å². The fourth-order valence-electron chi connectivity index (χ4n) is 1.89. The molecule has 0 radical (unpaired) electrons. The maximum absolute atomic E-state index is 11.0. The lowest BCUT2D eigenvalue weighted by molar-refractivity contribution is -0.122. The second kappa shape index (κ2) is 3.28. The van der Waals surface area contributed by atoms with Crippen LogP contribution >= 0.6 is 0 Å². The maximum Gasteiger partial charge on any atom is 0.224 e. The van der Waals surface area contributed by atoms with Crippen molar-refractivity contribution >= 4 is 5.91 Å². The first-order chi connectivity index (χ1) is 6.27. The molecule has 1 atom stereocenters. The summed E-state index contributed by atoms with van der Waals surface area (Å²) in [5, 5.41) is 3.24. The molecule has 1 saturated heterocycles. The molecule has 1 fully saturated rings. The Labute approximate surface area is 77.8 Å². The predicted molar refractivity (Wildman–Crippen MR) is 49.6 cm³/mol. The Bertz CT molecular complexity index is 249. The van der Waals surface area contributed by atoms with Crippen molar-refractivity contribution < 1.29 is 4.79 Å². The molecule has 0 aromatic carbocycles. The van der Waals surface area contributed by atoms with Crippen LogP contribution in [-0.4, -0.2) is 30.4 Å². The number of carbonyl (C=O) groups excluding carboxylic acids is 1. The highest BCUT2D eigenvalue weighted by molar-refractivity contribution is 5.77. The highest BCUT2D eigenvalue weighted by Gasteiger charge is 2.26. The Morgan fingerprint density at radius 1 is 1.69 bits per heavy atom. The van der Waals surface area contributed by atoms with E-state index < -0.39 is 0 Å². The first-order valence-electron chi connectivity index (χ1n) is 4.75. The summed E-state index contributed by atoms with van der Waals surface area (Å²) in [6.45, 7) is 2.52. The number of hydrogen-bond donors (Lipinski definition) is 2. The molecule has 2 heterocycles.